The van der Waals surface area contributed by atoms with Gasteiger partial charge in [-0.15, -0.1) is 10.2 Å². The van der Waals surface area contributed by atoms with Crippen LogP contribution in [-0.2, 0) is 11.2 Å². The lowest BCUT2D eigenvalue weighted by Crippen LogP contribution is -2.30. The second-order valence-electron chi connectivity index (χ2n) is 7.06. The van der Waals surface area contributed by atoms with Gasteiger partial charge in [-0.3, -0.25) is 4.79 Å². The largest absolute Gasteiger partial charge is 0.331 e. The minimum Gasteiger partial charge on any atom is -0.331 e. The molecule has 1 N–H and O–H groups in total. The predicted octanol–water partition coefficient (Wildman–Crippen LogP) is 2.72. The van der Waals surface area contributed by atoms with E-state index in [2.05, 4.69) is 32.4 Å². The summed E-state index contributed by atoms with van der Waals surface area (Å²) < 4.78 is 0. The summed E-state index contributed by atoms with van der Waals surface area (Å²) in [7, 11) is 3.96. The molecule has 0 aromatic carbocycles. The van der Waals surface area contributed by atoms with Crippen molar-refractivity contribution in [2.75, 3.05) is 32.5 Å². The normalized spacial score (nSPS) is 17.0. The van der Waals surface area contributed by atoms with Gasteiger partial charge in [0.25, 0.3) is 0 Å². The lowest BCUT2D eigenvalue weighted by molar-refractivity contribution is -0.127. The minimum atomic E-state index is -0.0284. The Balaban J connectivity index is 1.77. The third-order valence-corrected chi connectivity index (χ3v) is 5.45. The first kappa shape index (κ1) is 20.3. The summed E-state index contributed by atoms with van der Waals surface area (Å²) in [6, 6.07) is 1.89. The molecule has 3 heterocycles. The summed E-state index contributed by atoms with van der Waals surface area (Å²) in [5.41, 5.74) is 0.863. The van der Waals surface area contributed by atoms with E-state index in [4.69, 9.17) is 0 Å². The van der Waals surface area contributed by atoms with Crippen LogP contribution in [0.2, 0.25) is 0 Å². The molecular weight excluding hydrogens is 374 g/mol. The SMILES string of the molecule is CCc1nnc(Nc2cc(C3CCCN3C(=O)/C=C/CN(C)C)nc(C)n2)s1. The lowest BCUT2D eigenvalue weighted by Gasteiger charge is -2.23. The molecule has 9 heteroatoms. The van der Waals surface area contributed by atoms with Crippen molar-refractivity contribution in [3.05, 3.63) is 34.7 Å². The number of anilines is 2. The van der Waals surface area contributed by atoms with Crippen molar-refractivity contribution in [1.82, 2.24) is 30.0 Å². The number of hydrogen-bond donors (Lipinski definition) is 1. The number of hydrogen-bond acceptors (Lipinski definition) is 8. The second kappa shape index (κ2) is 9.20. The minimum absolute atomic E-state index is 0.0284. The van der Waals surface area contributed by atoms with E-state index in [1.807, 2.05) is 43.0 Å². The zero-order chi connectivity index (χ0) is 20.1. The molecule has 1 unspecified atom stereocenters. The van der Waals surface area contributed by atoms with Crippen LogP contribution in [0.15, 0.2) is 18.2 Å². The number of aryl methyl sites for hydroxylation is 2. The van der Waals surface area contributed by atoms with E-state index in [0.29, 0.717) is 16.8 Å². The van der Waals surface area contributed by atoms with Gasteiger partial charge in [0.2, 0.25) is 11.0 Å². The molecule has 150 valence electrons. The van der Waals surface area contributed by atoms with Gasteiger partial charge in [0.1, 0.15) is 16.6 Å². The Morgan fingerprint density at radius 2 is 2.21 bits per heavy atom. The number of nitrogens with zero attached hydrogens (tertiary/aromatic N) is 6. The fourth-order valence-electron chi connectivity index (χ4n) is 3.18. The Morgan fingerprint density at radius 1 is 1.39 bits per heavy atom. The molecule has 0 radical (unpaired) electrons. The maximum atomic E-state index is 12.7. The molecule has 1 amide bonds. The van der Waals surface area contributed by atoms with Gasteiger partial charge in [0.15, 0.2) is 0 Å². The summed E-state index contributed by atoms with van der Waals surface area (Å²) in [5.74, 6) is 1.39. The number of amides is 1. The van der Waals surface area contributed by atoms with Crippen LogP contribution >= 0.6 is 11.3 Å². The molecule has 0 aliphatic carbocycles. The van der Waals surface area contributed by atoms with Gasteiger partial charge in [0.05, 0.1) is 11.7 Å². The molecule has 1 aliphatic rings. The Kier molecular flexibility index (Phi) is 6.69. The highest BCUT2D eigenvalue weighted by atomic mass is 32.1. The monoisotopic (exact) mass is 401 g/mol. The fraction of sp³-hybridized carbons (Fsp3) is 0.526. The van der Waals surface area contributed by atoms with Crippen LogP contribution < -0.4 is 5.32 Å². The average molecular weight is 402 g/mol. The van der Waals surface area contributed by atoms with Crippen LogP contribution in [-0.4, -0.2) is 63.1 Å². The van der Waals surface area contributed by atoms with Gasteiger partial charge in [-0.2, -0.15) is 0 Å². The molecule has 0 spiro atoms. The van der Waals surface area contributed by atoms with Crippen LogP contribution in [0.1, 0.15) is 42.3 Å². The maximum absolute atomic E-state index is 12.7. The highest BCUT2D eigenvalue weighted by molar-refractivity contribution is 7.15. The number of nitrogens with one attached hydrogen (secondary N) is 1. The first-order valence-electron chi connectivity index (χ1n) is 9.53. The lowest BCUT2D eigenvalue weighted by atomic mass is 10.1. The predicted molar refractivity (Wildman–Crippen MR) is 111 cm³/mol. The van der Waals surface area contributed by atoms with Crippen molar-refractivity contribution in [2.24, 2.45) is 0 Å². The molecule has 2 aromatic rings. The molecule has 28 heavy (non-hydrogen) atoms. The summed E-state index contributed by atoms with van der Waals surface area (Å²) in [6.45, 7) is 5.41. The Labute approximate surface area is 169 Å². The molecule has 0 saturated carbocycles. The van der Waals surface area contributed by atoms with Crippen molar-refractivity contribution < 1.29 is 4.79 Å². The van der Waals surface area contributed by atoms with E-state index in [1.165, 1.54) is 11.3 Å². The van der Waals surface area contributed by atoms with Crippen molar-refractivity contribution in [1.29, 1.82) is 0 Å². The van der Waals surface area contributed by atoms with E-state index in [1.54, 1.807) is 6.08 Å². The number of carbonyl (C=O) groups excluding carboxylic acids is 1. The van der Waals surface area contributed by atoms with Crippen molar-refractivity contribution in [3.63, 3.8) is 0 Å². The molecule has 1 fully saturated rings. The third kappa shape index (κ3) is 5.11. The Bertz CT molecular complexity index is 849. The number of aromatic nitrogens is 4. The zero-order valence-corrected chi connectivity index (χ0v) is 17.7. The van der Waals surface area contributed by atoms with Crippen molar-refractivity contribution >= 4 is 28.2 Å². The fourth-order valence-corrected chi connectivity index (χ4v) is 3.87. The number of likely N-dealkylation sites (N-methyl/N-ethyl adjacent to an activating group) is 1. The molecule has 1 saturated heterocycles. The van der Waals surface area contributed by atoms with Crippen LogP contribution in [0.5, 0.6) is 0 Å². The van der Waals surface area contributed by atoms with E-state index in [9.17, 15) is 4.79 Å². The van der Waals surface area contributed by atoms with Gasteiger partial charge in [-0.25, -0.2) is 9.97 Å². The quantitative estimate of drug-likeness (QED) is 0.714. The molecule has 1 aliphatic heterocycles. The molecule has 2 aromatic heterocycles. The van der Waals surface area contributed by atoms with Gasteiger partial charge in [-0.1, -0.05) is 24.3 Å². The first-order chi connectivity index (χ1) is 13.5. The van der Waals surface area contributed by atoms with Crippen LogP contribution in [0.3, 0.4) is 0 Å². The van der Waals surface area contributed by atoms with E-state index < -0.39 is 0 Å². The van der Waals surface area contributed by atoms with Crippen LogP contribution in [0.4, 0.5) is 10.9 Å². The Morgan fingerprint density at radius 3 is 2.93 bits per heavy atom. The first-order valence-corrected chi connectivity index (χ1v) is 10.3. The topological polar surface area (TPSA) is 87.1 Å². The van der Waals surface area contributed by atoms with Gasteiger partial charge >= 0.3 is 0 Å². The van der Waals surface area contributed by atoms with E-state index in [-0.39, 0.29) is 11.9 Å². The molecule has 3 rings (SSSR count). The van der Waals surface area contributed by atoms with Gasteiger partial charge < -0.3 is 15.1 Å². The number of carbonyl (C=O) groups is 1. The van der Waals surface area contributed by atoms with E-state index in [0.717, 1.165) is 43.1 Å². The van der Waals surface area contributed by atoms with Gasteiger partial charge in [0, 0.05) is 25.2 Å². The van der Waals surface area contributed by atoms with Crippen LogP contribution in [0.25, 0.3) is 0 Å². The zero-order valence-electron chi connectivity index (χ0n) is 16.8. The van der Waals surface area contributed by atoms with Crippen molar-refractivity contribution in [3.8, 4) is 0 Å². The Hall–Kier alpha value is -2.39. The van der Waals surface area contributed by atoms with Crippen LogP contribution in [0, 0.1) is 6.92 Å². The average Bonchev–Trinajstić information content (AvgIpc) is 3.30. The molecule has 1 atom stereocenters. The number of likely N-dealkylation sites (tertiary alicyclic amines) is 1. The highest BCUT2D eigenvalue weighted by Gasteiger charge is 2.30. The van der Waals surface area contributed by atoms with Gasteiger partial charge in [-0.05, 0) is 40.3 Å². The molecular formula is C19H27N7OS. The van der Waals surface area contributed by atoms with Crippen molar-refractivity contribution in [2.45, 2.75) is 39.2 Å². The summed E-state index contributed by atoms with van der Waals surface area (Å²) in [6.07, 6.45) is 6.30. The second-order valence-corrected chi connectivity index (χ2v) is 8.12. The molecule has 8 nitrogen and oxygen atoms in total. The third-order valence-electron chi connectivity index (χ3n) is 4.47. The highest BCUT2D eigenvalue weighted by Crippen LogP contribution is 2.32. The smallest absolute Gasteiger partial charge is 0.246 e. The standard InChI is InChI=1S/C19H27N7OS/c1-5-17-23-24-19(28-17)22-16-12-14(20-13(2)21-16)15-8-6-11-26(15)18(27)9-7-10-25(3)4/h7,9,12,15H,5-6,8,10-11H2,1-4H3,(H,20,21,22,24)/b9-7+. The van der Waals surface area contributed by atoms with E-state index >= 15 is 0 Å². The number of rotatable bonds is 7. The summed E-state index contributed by atoms with van der Waals surface area (Å²) in [4.78, 5) is 25.7. The molecule has 0 bridgehead atoms. The summed E-state index contributed by atoms with van der Waals surface area (Å²) in [5, 5.41) is 13.2. The summed E-state index contributed by atoms with van der Waals surface area (Å²) >= 11 is 1.52. The maximum Gasteiger partial charge on any atom is 0.246 e.